The molecular weight excluding hydrogens is 312 g/mol. The number of carbonyl (C=O) groups excluding carboxylic acids is 1. The van der Waals surface area contributed by atoms with Crippen LogP contribution in [-0.2, 0) is 11.2 Å². The van der Waals surface area contributed by atoms with Crippen molar-refractivity contribution in [3.8, 4) is 0 Å². The lowest BCUT2D eigenvalue weighted by atomic mass is 10.1. The van der Waals surface area contributed by atoms with Gasteiger partial charge in [0, 0.05) is 19.1 Å². The van der Waals surface area contributed by atoms with Crippen LogP contribution in [-0.4, -0.2) is 38.1 Å². The summed E-state index contributed by atoms with van der Waals surface area (Å²) in [5.41, 5.74) is 0.216. The quantitative estimate of drug-likeness (QED) is 0.496. The van der Waals surface area contributed by atoms with Gasteiger partial charge in [0.05, 0.1) is 12.0 Å². The molecule has 10 nitrogen and oxygen atoms in total. The van der Waals surface area contributed by atoms with Crippen LogP contribution in [0.25, 0.3) is 0 Å². The molecule has 11 heteroatoms. The smallest absolute Gasteiger partial charge is 0.298 e. The Labute approximate surface area is 129 Å². The molecule has 2 aromatic rings. The summed E-state index contributed by atoms with van der Waals surface area (Å²) in [5, 5.41) is 24.3. The van der Waals surface area contributed by atoms with Crippen molar-refractivity contribution in [2.45, 2.75) is 11.8 Å². The fourth-order valence-electron chi connectivity index (χ4n) is 1.73. The highest BCUT2D eigenvalue weighted by atomic mass is 32.2. The topological polar surface area (TPSA) is 125 Å². The first-order chi connectivity index (χ1) is 10.5. The van der Waals surface area contributed by atoms with E-state index in [-0.39, 0.29) is 22.1 Å². The van der Waals surface area contributed by atoms with Crippen LogP contribution < -0.4 is 5.32 Å². The van der Waals surface area contributed by atoms with Gasteiger partial charge in [-0.2, -0.15) is 0 Å². The Kier molecular flexibility index (Phi) is 4.68. The van der Waals surface area contributed by atoms with Gasteiger partial charge < -0.3 is 4.18 Å². The summed E-state index contributed by atoms with van der Waals surface area (Å²) >= 11 is 0.832. The van der Waals surface area contributed by atoms with Crippen molar-refractivity contribution < 1.29 is 13.9 Å². The number of rotatable bonds is 5. The molecule has 0 aliphatic heterocycles. The molecule has 2 rings (SSSR count). The molecule has 0 atom stereocenters. The van der Waals surface area contributed by atoms with Crippen molar-refractivity contribution in [3.63, 3.8) is 0 Å². The molecule has 1 aromatic carbocycles. The van der Waals surface area contributed by atoms with E-state index < -0.39 is 10.8 Å². The molecule has 0 radical (unpaired) electrons. The van der Waals surface area contributed by atoms with Gasteiger partial charge in [0.25, 0.3) is 11.6 Å². The van der Waals surface area contributed by atoms with E-state index in [1.165, 1.54) is 24.9 Å². The molecule has 1 amide bonds. The van der Waals surface area contributed by atoms with Crippen LogP contribution in [0.5, 0.6) is 0 Å². The minimum absolute atomic E-state index is 0.0841. The summed E-state index contributed by atoms with van der Waals surface area (Å²) in [5.74, 6) is -0.594. The number of hydrogen-bond donors (Lipinski definition) is 1. The molecule has 1 aromatic heterocycles. The van der Waals surface area contributed by atoms with Crippen LogP contribution in [0.2, 0.25) is 0 Å². The fourth-order valence-corrected chi connectivity index (χ4v) is 2.36. The van der Waals surface area contributed by atoms with E-state index in [0.29, 0.717) is 5.56 Å². The lowest BCUT2D eigenvalue weighted by molar-refractivity contribution is -0.388. The highest BCUT2D eigenvalue weighted by molar-refractivity contribution is 7.94. The second-order valence-corrected chi connectivity index (χ2v) is 5.10. The number of anilines is 1. The average molecular weight is 324 g/mol. The number of aryl methyl sites for hydroxylation is 2. The van der Waals surface area contributed by atoms with Gasteiger partial charge in [-0.1, -0.05) is 11.2 Å². The first kappa shape index (κ1) is 15.9. The highest BCUT2D eigenvalue weighted by Gasteiger charge is 2.27. The molecule has 0 saturated carbocycles. The summed E-state index contributed by atoms with van der Waals surface area (Å²) in [4.78, 5) is 23.3. The molecule has 0 aliphatic carbocycles. The van der Waals surface area contributed by atoms with E-state index in [4.69, 9.17) is 4.18 Å². The van der Waals surface area contributed by atoms with Crippen LogP contribution >= 0.6 is 12.0 Å². The second-order valence-electron chi connectivity index (χ2n) is 4.20. The summed E-state index contributed by atoms with van der Waals surface area (Å²) in [7, 11) is 2.93. The summed E-state index contributed by atoms with van der Waals surface area (Å²) < 4.78 is 6.14. The Hall–Kier alpha value is -2.53. The number of carbonyl (C=O) groups is 1. The van der Waals surface area contributed by atoms with Crippen molar-refractivity contribution in [2.24, 2.45) is 7.05 Å². The SMILES string of the molecule is COSc1c(C)ccc(C(=O)Nc2nnnn2C)c1[N+](=O)[O-]. The van der Waals surface area contributed by atoms with Gasteiger partial charge in [-0.3, -0.25) is 20.2 Å². The van der Waals surface area contributed by atoms with Crippen molar-refractivity contribution in [1.82, 2.24) is 20.2 Å². The molecule has 0 saturated heterocycles. The standard InChI is InChI=1S/C11H12N6O4S/c1-6-4-5-7(8(17(19)20)9(6)22-21-3)10(18)12-11-13-14-15-16(11)2/h4-5H,1-3H3,(H,12,13,15,18). The number of amides is 1. The summed E-state index contributed by atoms with van der Waals surface area (Å²) in [6.45, 7) is 1.70. The van der Waals surface area contributed by atoms with Gasteiger partial charge in [0.2, 0.25) is 5.95 Å². The van der Waals surface area contributed by atoms with E-state index in [0.717, 1.165) is 12.0 Å². The Balaban J connectivity index is 2.46. The molecule has 116 valence electrons. The van der Waals surface area contributed by atoms with Crippen molar-refractivity contribution in [3.05, 3.63) is 33.4 Å². The molecule has 1 heterocycles. The monoisotopic (exact) mass is 324 g/mol. The van der Waals surface area contributed by atoms with Gasteiger partial charge >= 0.3 is 0 Å². The first-order valence-electron chi connectivity index (χ1n) is 5.98. The predicted octanol–water partition coefficient (Wildman–Crippen LogP) is 1.33. The zero-order valence-corrected chi connectivity index (χ0v) is 12.7. The van der Waals surface area contributed by atoms with Gasteiger partial charge in [0.1, 0.15) is 10.5 Å². The molecule has 0 bridgehead atoms. The van der Waals surface area contributed by atoms with Crippen LogP contribution in [0.15, 0.2) is 17.0 Å². The maximum Gasteiger partial charge on any atom is 0.298 e. The van der Waals surface area contributed by atoms with Crippen LogP contribution in [0, 0.1) is 17.0 Å². The number of hydrogen-bond acceptors (Lipinski definition) is 8. The van der Waals surface area contributed by atoms with Crippen molar-refractivity contribution >= 4 is 29.6 Å². The number of benzene rings is 1. The Morgan fingerprint density at radius 2 is 2.23 bits per heavy atom. The summed E-state index contributed by atoms with van der Waals surface area (Å²) in [6.07, 6.45) is 0. The first-order valence-corrected chi connectivity index (χ1v) is 6.72. The Morgan fingerprint density at radius 1 is 1.50 bits per heavy atom. The predicted molar refractivity (Wildman–Crippen MR) is 77.5 cm³/mol. The number of tetrazole rings is 1. The molecule has 0 aliphatic rings. The maximum atomic E-state index is 12.3. The van der Waals surface area contributed by atoms with E-state index in [2.05, 4.69) is 20.8 Å². The molecule has 0 spiro atoms. The molecule has 22 heavy (non-hydrogen) atoms. The third-order valence-corrected chi connectivity index (χ3v) is 3.62. The van der Waals surface area contributed by atoms with Crippen LogP contribution in [0.1, 0.15) is 15.9 Å². The fraction of sp³-hybridized carbons (Fsp3) is 0.273. The van der Waals surface area contributed by atoms with E-state index in [1.807, 2.05) is 0 Å². The lowest BCUT2D eigenvalue weighted by Gasteiger charge is -2.09. The Morgan fingerprint density at radius 3 is 2.77 bits per heavy atom. The minimum Gasteiger partial charge on any atom is -0.313 e. The number of nitro groups is 1. The molecular formula is C11H12N6O4S. The van der Waals surface area contributed by atoms with Crippen molar-refractivity contribution in [1.29, 1.82) is 0 Å². The molecule has 0 unspecified atom stereocenters. The zero-order chi connectivity index (χ0) is 16.3. The lowest BCUT2D eigenvalue weighted by Crippen LogP contribution is -2.17. The van der Waals surface area contributed by atoms with E-state index in [9.17, 15) is 14.9 Å². The van der Waals surface area contributed by atoms with Crippen LogP contribution in [0.3, 0.4) is 0 Å². The van der Waals surface area contributed by atoms with Gasteiger partial charge in [0.15, 0.2) is 0 Å². The van der Waals surface area contributed by atoms with Crippen molar-refractivity contribution in [2.75, 3.05) is 12.4 Å². The Bertz CT molecular complexity index is 731. The number of nitrogens with one attached hydrogen (secondary N) is 1. The average Bonchev–Trinajstić information content (AvgIpc) is 2.86. The third-order valence-electron chi connectivity index (χ3n) is 2.77. The normalized spacial score (nSPS) is 10.5. The molecule has 1 N–H and O–H groups in total. The van der Waals surface area contributed by atoms with E-state index >= 15 is 0 Å². The number of aromatic nitrogens is 4. The third kappa shape index (κ3) is 3.04. The highest BCUT2D eigenvalue weighted by Crippen LogP contribution is 2.35. The maximum absolute atomic E-state index is 12.3. The van der Waals surface area contributed by atoms with Gasteiger partial charge in [-0.05, 0) is 29.0 Å². The van der Waals surface area contributed by atoms with Gasteiger partial charge in [-0.15, -0.1) is 0 Å². The largest absolute Gasteiger partial charge is 0.313 e. The number of nitrogens with zero attached hydrogens (tertiary/aromatic N) is 5. The van der Waals surface area contributed by atoms with Crippen LogP contribution in [0.4, 0.5) is 11.6 Å². The second kappa shape index (κ2) is 6.49. The van der Waals surface area contributed by atoms with E-state index in [1.54, 1.807) is 13.0 Å². The van der Waals surface area contributed by atoms with Gasteiger partial charge in [-0.25, -0.2) is 4.68 Å². The minimum atomic E-state index is -0.678. The zero-order valence-electron chi connectivity index (χ0n) is 11.9. The number of nitro benzene ring substituents is 1. The molecule has 0 fully saturated rings. The summed E-state index contributed by atoms with van der Waals surface area (Å²) in [6, 6.07) is 2.99.